The predicted molar refractivity (Wildman–Crippen MR) is 115 cm³/mol. The summed E-state index contributed by atoms with van der Waals surface area (Å²) in [4.78, 5) is 39.7. The lowest BCUT2D eigenvalue weighted by atomic mass is 9.95. The molecular weight excluding hydrogens is 402 g/mol. The van der Waals surface area contributed by atoms with Crippen LogP contribution < -0.4 is 10.2 Å². The van der Waals surface area contributed by atoms with E-state index in [1.54, 1.807) is 24.3 Å². The van der Waals surface area contributed by atoms with Crippen LogP contribution >= 0.6 is 11.3 Å². The van der Waals surface area contributed by atoms with Crippen molar-refractivity contribution in [3.8, 4) is 6.07 Å². The van der Waals surface area contributed by atoms with Gasteiger partial charge in [-0.25, -0.2) is 4.79 Å². The fourth-order valence-corrected chi connectivity index (χ4v) is 4.80. The van der Waals surface area contributed by atoms with E-state index in [1.165, 1.54) is 23.2 Å². The molecule has 8 heteroatoms. The third kappa shape index (κ3) is 5.05. The van der Waals surface area contributed by atoms with Crippen LogP contribution in [-0.2, 0) is 27.2 Å². The van der Waals surface area contributed by atoms with Crippen molar-refractivity contribution in [3.05, 3.63) is 46.3 Å². The van der Waals surface area contributed by atoms with E-state index in [-0.39, 0.29) is 18.9 Å². The van der Waals surface area contributed by atoms with Gasteiger partial charge in [0.1, 0.15) is 5.00 Å². The molecule has 0 spiro atoms. The topological polar surface area (TPSA) is 99.5 Å². The molecule has 0 unspecified atom stereocenters. The molecule has 156 valence electrons. The largest absolute Gasteiger partial charge is 0.452 e. The lowest BCUT2D eigenvalue weighted by Gasteiger charge is -2.21. The van der Waals surface area contributed by atoms with Crippen molar-refractivity contribution < 1.29 is 19.1 Å². The first kappa shape index (κ1) is 21.5. The molecule has 0 bridgehead atoms. The molecule has 0 atom stereocenters. The molecule has 30 heavy (non-hydrogen) atoms. The van der Waals surface area contributed by atoms with Gasteiger partial charge < -0.3 is 15.0 Å². The Morgan fingerprint density at radius 1 is 1.20 bits per heavy atom. The summed E-state index contributed by atoms with van der Waals surface area (Å²) in [7, 11) is 0. The second-order valence-corrected chi connectivity index (χ2v) is 8.07. The number of thiophene rings is 1. The van der Waals surface area contributed by atoms with Crippen molar-refractivity contribution in [2.45, 2.75) is 39.0 Å². The minimum atomic E-state index is -0.611. The highest BCUT2D eigenvalue weighted by molar-refractivity contribution is 7.17. The van der Waals surface area contributed by atoms with Crippen molar-refractivity contribution in [2.24, 2.45) is 0 Å². The minimum Gasteiger partial charge on any atom is -0.452 e. The Hall–Kier alpha value is -3.18. The number of hydrogen-bond acceptors (Lipinski definition) is 6. The average Bonchev–Trinajstić information content (AvgIpc) is 3.10. The first-order chi connectivity index (χ1) is 14.5. The van der Waals surface area contributed by atoms with Crippen LogP contribution in [0.3, 0.4) is 0 Å². The molecule has 7 nitrogen and oxygen atoms in total. The summed E-state index contributed by atoms with van der Waals surface area (Å²) in [5.41, 5.74) is 1.92. The summed E-state index contributed by atoms with van der Waals surface area (Å²) < 4.78 is 5.36. The number of esters is 1. The van der Waals surface area contributed by atoms with Crippen molar-refractivity contribution in [1.29, 1.82) is 5.26 Å². The van der Waals surface area contributed by atoms with E-state index in [1.807, 2.05) is 12.1 Å². The van der Waals surface area contributed by atoms with E-state index in [2.05, 4.69) is 5.32 Å². The molecular formula is C22H23N3O4S. The molecule has 2 aromatic rings. The normalized spacial score (nSPS) is 12.4. The smallest absolute Gasteiger partial charge is 0.341 e. The quantitative estimate of drug-likeness (QED) is 0.682. The highest BCUT2D eigenvalue weighted by Crippen LogP contribution is 2.38. The number of carbonyl (C=O) groups excluding carboxylic acids is 3. The number of nitrogens with one attached hydrogen (secondary N) is 1. The van der Waals surface area contributed by atoms with Gasteiger partial charge in [-0.15, -0.1) is 11.3 Å². The van der Waals surface area contributed by atoms with Crippen LogP contribution in [0.15, 0.2) is 30.3 Å². The summed E-state index contributed by atoms with van der Waals surface area (Å²) in [5.74, 6) is -1.28. The van der Waals surface area contributed by atoms with Gasteiger partial charge in [-0.3, -0.25) is 9.59 Å². The summed E-state index contributed by atoms with van der Waals surface area (Å²) >= 11 is 1.40. The average molecular weight is 426 g/mol. The van der Waals surface area contributed by atoms with Crippen LogP contribution in [-0.4, -0.2) is 30.9 Å². The number of hydrogen-bond donors (Lipinski definition) is 1. The van der Waals surface area contributed by atoms with E-state index in [0.717, 1.165) is 36.1 Å². The Balaban J connectivity index is 1.75. The highest BCUT2D eigenvalue weighted by Gasteiger charge is 2.28. The lowest BCUT2D eigenvalue weighted by molar-refractivity contribution is -0.121. The molecule has 1 aliphatic carbocycles. The standard InChI is InChI=1S/C22H23N3O4S/c1-15(26)24-21-20(17-10-5-6-11-18(17)30-21)22(28)29-14-19(27)25(13-7-12-23)16-8-3-2-4-9-16/h2-4,8-9H,5-7,10-11,13-14H2,1H3,(H,24,26). The van der Waals surface area contributed by atoms with Crippen molar-refractivity contribution in [1.82, 2.24) is 0 Å². The number of fused-ring (bicyclic) bond motifs is 1. The van der Waals surface area contributed by atoms with Crippen LogP contribution in [0.1, 0.15) is 47.0 Å². The van der Waals surface area contributed by atoms with Gasteiger partial charge in [0, 0.05) is 24.0 Å². The second-order valence-electron chi connectivity index (χ2n) is 6.96. The number of rotatable bonds is 7. The predicted octanol–water partition coefficient (Wildman–Crippen LogP) is 3.69. The molecule has 1 N–H and O–H groups in total. The molecule has 1 aromatic carbocycles. The van der Waals surface area contributed by atoms with E-state index in [9.17, 15) is 14.4 Å². The van der Waals surface area contributed by atoms with Gasteiger partial charge in [0.05, 0.1) is 18.1 Å². The molecule has 3 rings (SSSR count). The molecule has 0 saturated heterocycles. The Morgan fingerprint density at radius 2 is 1.93 bits per heavy atom. The summed E-state index contributed by atoms with van der Waals surface area (Å²) in [6.45, 7) is 1.16. The molecule has 1 aromatic heterocycles. The maximum absolute atomic E-state index is 12.9. The number of benzene rings is 1. The third-order valence-corrected chi connectivity index (χ3v) is 6.02. The zero-order valence-electron chi connectivity index (χ0n) is 16.8. The number of amides is 2. The Labute approximate surface area is 179 Å². The lowest BCUT2D eigenvalue weighted by Crippen LogP contribution is -2.35. The van der Waals surface area contributed by atoms with E-state index in [0.29, 0.717) is 16.3 Å². The third-order valence-electron chi connectivity index (χ3n) is 4.81. The van der Waals surface area contributed by atoms with Gasteiger partial charge in [0.15, 0.2) is 6.61 Å². The van der Waals surface area contributed by atoms with Crippen molar-refractivity contribution in [3.63, 3.8) is 0 Å². The summed E-state index contributed by atoms with van der Waals surface area (Å²) in [5, 5.41) is 12.1. The van der Waals surface area contributed by atoms with Crippen molar-refractivity contribution in [2.75, 3.05) is 23.4 Å². The fourth-order valence-electron chi connectivity index (χ4n) is 3.47. The number of para-hydroxylation sites is 1. The van der Waals surface area contributed by atoms with Crippen LogP contribution in [0.4, 0.5) is 10.7 Å². The van der Waals surface area contributed by atoms with Gasteiger partial charge >= 0.3 is 5.97 Å². The zero-order valence-corrected chi connectivity index (χ0v) is 17.6. The van der Waals surface area contributed by atoms with Gasteiger partial charge in [0.2, 0.25) is 5.91 Å². The molecule has 0 aliphatic heterocycles. The van der Waals surface area contributed by atoms with Crippen LogP contribution in [0, 0.1) is 11.3 Å². The van der Waals surface area contributed by atoms with Gasteiger partial charge in [-0.2, -0.15) is 5.26 Å². The molecule has 0 fully saturated rings. The molecule has 0 saturated carbocycles. The van der Waals surface area contributed by atoms with Gasteiger partial charge in [-0.1, -0.05) is 18.2 Å². The Kier molecular flexibility index (Phi) is 7.20. The monoisotopic (exact) mass is 425 g/mol. The zero-order chi connectivity index (χ0) is 21.5. The van der Waals surface area contributed by atoms with Crippen LogP contribution in [0.5, 0.6) is 0 Å². The van der Waals surface area contributed by atoms with Gasteiger partial charge in [0.25, 0.3) is 5.91 Å². The minimum absolute atomic E-state index is 0.166. The maximum atomic E-state index is 12.9. The summed E-state index contributed by atoms with van der Waals surface area (Å²) in [6.07, 6.45) is 3.81. The number of aryl methyl sites for hydroxylation is 1. The molecule has 1 aliphatic rings. The molecule has 2 amide bonds. The highest BCUT2D eigenvalue weighted by atomic mass is 32.1. The number of anilines is 2. The number of nitriles is 1. The number of carbonyl (C=O) groups is 3. The maximum Gasteiger partial charge on any atom is 0.341 e. The Bertz CT molecular complexity index is 978. The molecule has 0 radical (unpaired) electrons. The van der Waals surface area contributed by atoms with Gasteiger partial charge in [-0.05, 0) is 43.4 Å². The number of nitrogens with zero attached hydrogens (tertiary/aromatic N) is 2. The fraction of sp³-hybridized carbons (Fsp3) is 0.364. The van der Waals surface area contributed by atoms with E-state index in [4.69, 9.17) is 10.00 Å². The Morgan fingerprint density at radius 3 is 2.63 bits per heavy atom. The van der Waals surface area contributed by atoms with E-state index < -0.39 is 18.5 Å². The SMILES string of the molecule is CC(=O)Nc1sc2c(c1C(=O)OCC(=O)N(CCC#N)c1ccccc1)CCCC2. The van der Waals surface area contributed by atoms with Crippen LogP contribution in [0.2, 0.25) is 0 Å². The van der Waals surface area contributed by atoms with Crippen LogP contribution in [0.25, 0.3) is 0 Å². The number of ether oxygens (including phenoxy) is 1. The first-order valence-electron chi connectivity index (χ1n) is 9.83. The van der Waals surface area contributed by atoms with E-state index >= 15 is 0 Å². The van der Waals surface area contributed by atoms with Crippen molar-refractivity contribution >= 4 is 39.8 Å². The summed E-state index contributed by atoms with van der Waals surface area (Å²) in [6, 6.07) is 11.0. The second kappa shape index (κ2) is 10.0. The molecule has 1 heterocycles. The first-order valence-corrected chi connectivity index (χ1v) is 10.6.